The van der Waals surface area contributed by atoms with Gasteiger partial charge in [0.15, 0.2) is 0 Å². The highest BCUT2D eigenvalue weighted by Gasteiger charge is 2.14. The molecule has 0 aliphatic heterocycles. The Morgan fingerprint density at radius 1 is 1.19 bits per heavy atom. The van der Waals surface area contributed by atoms with Crippen molar-refractivity contribution in [1.82, 2.24) is 10.3 Å². The Morgan fingerprint density at radius 3 is 2.52 bits per heavy atom. The number of pyridine rings is 1. The Balaban J connectivity index is 2.19. The number of nitrogens with zero attached hydrogens (tertiary/aromatic N) is 1. The molecule has 112 valence electrons. The fourth-order valence-electron chi connectivity index (χ4n) is 2.26. The van der Waals surface area contributed by atoms with Crippen molar-refractivity contribution >= 4 is 27.5 Å². The van der Waals surface area contributed by atoms with Crippen LogP contribution in [0.25, 0.3) is 0 Å². The summed E-state index contributed by atoms with van der Waals surface area (Å²) in [6.07, 6.45) is 4.42. The molecule has 1 heterocycles. The minimum Gasteiger partial charge on any atom is -0.314 e. The monoisotopic (exact) mass is 366 g/mol. The fourth-order valence-corrected chi connectivity index (χ4v) is 2.72. The van der Waals surface area contributed by atoms with Crippen molar-refractivity contribution in [3.05, 3.63) is 63.3 Å². The summed E-state index contributed by atoms with van der Waals surface area (Å²) >= 11 is 9.74. The van der Waals surface area contributed by atoms with E-state index in [0.29, 0.717) is 12.0 Å². The largest absolute Gasteiger partial charge is 0.314 e. The second-order valence-electron chi connectivity index (χ2n) is 5.48. The molecule has 21 heavy (non-hydrogen) atoms. The van der Waals surface area contributed by atoms with Crippen molar-refractivity contribution in [2.45, 2.75) is 32.2 Å². The Kier molecular flexibility index (Phi) is 6.22. The van der Waals surface area contributed by atoms with Gasteiger partial charge in [0.1, 0.15) is 0 Å². The standard InChI is InChI=1S/C17H20BrClN2/c1-12(2)21-10-15(13-3-5-16(18)6-4-13)9-14-7-8-20-11-17(14)19/h3-8,11-12,15,21H,9-10H2,1-2H3. The van der Waals surface area contributed by atoms with Gasteiger partial charge in [-0.05, 0) is 35.7 Å². The summed E-state index contributed by atoms with van der Waals surface area (Å²) in [5, 5.41) is 4.27. The van der Waals surface area contributed by atoms with Crippen LogP contribution in [0.4, 0.5) is 0 Å². The second-order valence-corrected chi connectivity index (χ2v) is 6.81. The highest BCUT2D eigenvalue weighted by atomic mass is 79.9. The topological polar surface area (TPSA) is 24.9 Å². The van der Waals surface area contributed by atoms with Crippen molar-refractivity contribution in [2.24, 2.45) is 0 Å². The molecule has 0 bridgehead atoms. The Hall–Kier alpha value is -0.900. The van der Waals surface area contributed by atoms with Gasteiger partial charge in [0.05, 0.1) is 5.02 Å². The minimum absolute atomic E-state index is 0.389. The lowest BCUT2D eigenvalue weighted by molar-refractivity contribution is 0.526. The number of benzene rings is 1. The van der Waals surface area contributed by atoms with Crippen molar-refractivity contribution in [3.63, 3.8) is 0 Å². The van der Waals surface area contributed by atoms with Crippen LogP contribution in [0.15, 0.2) is 47.2 Å². The van der Waals surface area contributed by atoms with E-state index in [0.717, 1.165) is 28.0 Å². The molecule has 4 heteroatoms. The van der Waals surface area contributed by atoms with Gasteiger partial charge in [-0.3, -0.25) is 4.98 Å². The minimum atomic E-state index is 0.389. The van der Waals surface area contributed by atoms with Crippen LogP contribution in [0.5, 0.6) is 0 Å². The van der Waals surface area contributed by atoms with Crippen LogP contribution in [0.3, 0.4) is 0 Å². The van der Waals surface area contributed by atoms with E-state index in [9.17, 15) is 0 Å². The van der Waals surface area contributed by atoms with Gasteiger partial charge in [0, 0.05) is 35.4 Å². The van der Waals surface area contributed by atoms with Gasteiger partial charge >= 0.3 is 0 Å². The van der Waals surface area contributed by atoms with E-state index in [-0.39, 0.29) is 0 Å². The predicted octanol–water partition coefficient (Wildman–Crippen LogP) is 4.82. The van der Waals surface area contributed by atoms with Crippen LogP contribution in [-0.2, 0) is 6.42 Å². The molecule has 0 aliphatic carbocycles. The maximum absolute atomic E-state index is 6.25. The lowest BCUT2D eigenvalue weighted by atomic mass is 9.92. The van der Waals surface area contributed by atoms with Crippen LogP contribution in [0.2, 0.25) is 5.02 Å². The molecule has 2 rings (SSSR count). The van der Waals surface area contributed by atoms with E-state index in [1.165, 1.54) is 5.56 Å². The van der Waals surface area contributed by atoms with E-state index in [2.05, 4.69) is 64.3 Å². The first kappa shape index (κ1) is 16.5. The molecule has 1 aromatic heterocycles. The summed E-state index contributed by atoms with van der Waals surface area (Å²) in [7, 11) is 0. The van der Waals surface area contributed by atoms with Gasteiger partial charge in [-0.1, -0.05) is 53.5 Å². The first-order chi connectivity index (χ1) is 10.1. The molecule has 0 saturated heterocycles. The molecule has 0 radical (unpaired) electrons. The molecule has 2 aromatic rings. The molecule has 1 atom stereocenters. The highest BCUT2D eigenvalue weighted by molar-refractivity contribution is 9.10. The zero-order chi connectivity index (χ0) is 15.2. The Labute approximate surface area is 140 Å². The van der Waals surface area contributed by atoms with Crippen molar-refractivity contribution < 1.29 is 0 Å². The maximum atomic E-state index is 6.25. The van der Waals surface area contributed by atoms with E-state index in [1.54, 1.807) is 12.4 Å². The average Bonchev–Trinajstić information content (AvgIpc) is 2.46. The van der Waals surface area contributed by atoms with Gasteiger partial charge in [0.25, 0.3) is 0 Å². The first-order valence-electron chi connectivity index (χ1n) is 7.13. The van der Waals surface area contributed by atoms with Crippen LogP contribution in [-0.4, -0.2) is 17.6 Å². The predicted molar refractivity (Wildman–Crippen MR) is 93.0 cm³/mol. The molecule has 0 aliphatic rings. The number of hydrogen-bond donors (Lipinski definition) is 1. The quantitative estimate of drug-likeness (QED) is 0.791. The lowest BCUT2D eigenvalue weighted by Crippen LogP contribution is -2.29. The highest BCUT2D eigenvalue weighted by Crippen LogP contribution is 2.25. The van der Waals surface area contributed by atoms with Crippen molar-refractivity contribution in [2.75, 3.05) is 6.54 Å². The summed E-state index contributed by atoms with van der Waals surface area (Å²) in [6, 6.07) is 11.0. The zero-order valence-corrected chi connectivity index (χ0v) is 14.7. The number of rotatable bonds is 6. The van der Waals surface area contributed by atoms with Gasteiger partial charge in [-0.15, -0.1) is 0 Å². The summed E-state index contributed by atoms with van der Waals surface area (Å²) in [4.78, 5) is 4.06. The van der Waals surface area contributed by atoms with Crippen LogP contribution in [0.1, 0.15) is 30.9 Å². The summed E-state index contributed by atoms with van der Waals surface area (Å²) < 4.78 is 1.10. The fraction of sp³-hybridized carbons (Fsp3) is 0.353. The van der Waals surface area contributed by atoms with E-state index in [4.69, 9.17) is 11.6 Å². The summed E-state index contributed by atoms with van der Waals surface area (Å²) in [5.74, 6) is 0.389. The van der Waals surface area contributed by atoms with E-state index >= 15 is 0 Å². The molecule has 2 nitrogen and oxygen atoms in total. The van der Waals surface area contributed by atoms with Gasteiger partial charge in [-0.25, -0.2) is 0 Å². The second kappa shape index (κ2) is 7.92. The molecular formula is C17H20BrClN2. The molecule has 1 unspecified atom stereocenters. The zero-order valence-electron chi connectivity index (χ0n) is 12.3. The van der Waals surface area contributed by atoms with Gasteiger partial charge < -0.3 is 5.32 Å². The maximum Gasteiger partial charge on any atom is 0.0621 e. The van der Waals surface area contributed by atoms with Gasteiger partial charge in [0.2, 0.25) is 0 Å². The molecule has 0 fully saturated rings. The first-order valence-corrected chi connectivity index (χ1v) is 8.30. The van der Waals surface area contributed by atoms with Crippen molar-refractivity contribution in [3.8, 4) is 0 Å². The van der Waals surface area contributed by atoms with E-state index in [1.807, 2.05) is 6.07 Å². The number of nitrogens with one attached hydrogen (secondary N) is 1. The lowest BCUT2D eigenvalue weighted by Gasteiger charge is -2.20. The third-order valence-corrected chi connectivity index (χ3v) is 4.31. The molecule has 0 amide bonds. The summed E-state index contributed by atoms with van der Waals surface area (Å²) in [5.41, 5.74) is 2.46. The number of aromatic nitrogens is 1. The SMILES string of the molecule is CC(C)NCC(Cc1ccncc1Cl)c1ccc(Br)cc1. The molecule has 0 spiro atoms. The summed E-state index contributed by atoms with van der Waals surface area (Å²) in [6.45, 7) is 5.26. The Bertz CT molecular complexity index is 569. The Morgan fingerprint density at radius 2 is 1.90 bits per heavy atom. The molecular weight excluding hydrogens is 348 g/mol. The third-order valence-electron chi connectivity index (χ3n) is 3.44. The van der Waals surface area contributed by atoms with Gasteiger partial charge in [-0.2, -0.15) is 0 Å². The van der Waals surface area contributed by atoms with Crippen LogP contribution < -0.4 is 5.32 Å². The van der Waals surface area contributed by atoms with Crippen LogP contribution >= 0.6 is 27.5 Å². The molecule has 1 N–H and O–H groups in total. The molecule has 1 aromatic carbocycles. The number of hydrogen-bond acceptors (Lipinski definition) is 2. The molecule has 0 saturated carbocycles. The third kappa shape index (κ3) is 5.10. The van der Waals surface area contributed by atoms with E-state index < -0.39 is 0 Å². The smallest absolute Gasteiger partial charge is 0.0621 e. The van der Waals surface area contributed by atoms with Crippen LogP contribution in [0, 0.1) is 0 Å². The average molecular weight is 368 g/mol. The number of halogens is 2. The normalized spacial score (nSPS) is 12.6. The van der Waals surface area contributed by atoms with Crippen molar-refractivity contribution in [1.29, 1.82) is 0 Å².